The van der Waals surface area contributed by atoms with E-state index in [2.05, 4.69) is 4.98 Å². The zero-order chi connectivity index (χ0) is 22.0. The first kappa shape index (κ1) is 21.3. The maximum atomic E-state index is 13.2. The zero-order valence-corrected chi connectivity index (χ0v) is 19.3. The normalized spacial score (nSPS) is 11.1. The van der Waals surface area contributed by atoms with Gasteiger partial charge < -0.3 is 9.64 Å². The van der Waals surface area contributed by atoms with Gasteiger partial charge in [0.05, 0.1) is 25.4 Å². The second-order valence-corrected chi connectivity index (χ2v) is 9.45. The Morgan fingerprint density at radius 3 is 2.65 bits per heavy atom. The molecule has 160 valence electrons. The lowest BCUT2D eigenvalue weighted by Crippen LogP contribution is -2.32. The molecule has 0 aliphatic heterocycles. The van der Waals surface area contributed by atoms with E-state index >= 15 is 0 Å². The van der Waals surface area contributed by atoms with E-state index in [0.29, 0.717) is 11.9 Å². The van der Waals surface area contributed by atoms with Crippen LogP contribution in [0, 0.1) is 13.8 Å². The van der Waals surface area contributed by atoms with Crippen molar-refractivity contribution >= 4 is 44.5 Å². The molecule has 1 aromatic carbocycles. The highest BCUT2D eigenvalue weighted by Crippen LogP contribution is 2.26. The van der Waals surface area contributed by atoms with Crippen molar-refractivity contribution in [3.05, 3.63) is 73.8 Å². The topological polar surface area (TPSA) is 64.4 Å². The standard InChI is InChI=1S/C23H23N3O3S2/c1-15-16(2)31-22-21(15)23(28)25(14-24-22)11-10-20(27)26(13-19-5-4-12-30-19)17-6-8-18(29-3)9-7-17/h4-9,12,14H,10-11,13H2,1-3H3. The Morgan fingerprint density at radius 1 is 1.19 bits per heavy atom. The summed E-state index contributed by atoms with van der Waals surface area (Å²) in [6.07, 6.45) is 1.75. The molecule has 0 atom stereocenters. The number of ether oxygens (including phenoxy) is 1. The molecule has 4 aromatic rings. The number of aromatic nitrogens is 2. The number of rotatable bonds is 7. The van der Waals surface area contributed by atoms with Crippen molar-refractivity contribution in [2.24, 2.45) is 0 Å². The molecule has 31 heavy (non-hydrogen) atoms. The highest BCUT2D eigenvalue weighted by molar-refractivity contribution is 7.18. The van der Waals surface area contributed by atoms with Crippen molar-refractivity contribution in [2.75, 3.05) is 12.0 Å². The number of thiophene rings is 2. The van der Waals surface area contributed by atoms with Gasteiger partial charge in [-0.1, -0.05) is 6.07 Å². The van der Waals surface area contributed by atoms with Gasteiger partial charge in [0.25, 0.3) is 5.56 Å². The summed E-state index contributed by atoms with van der Waals surface area (Å²) in [5, 5.41) is 2.65. The van der Waals surface area contributed by atoms with E-state index in [1.54, 1.807) is 29.7 Å². The smallest absolute Gasteiger partial charge is 0.262 e. The fraction of sp³-hybridized carbons (Fsp3) is 0.261. The molecule has 0 saturated heterocycles. The second kappa shape index (κ2) is 9.03. The summed E-state index contributed by atoms with van der Waals surface area (Å²) in [5.41, 5.74) is 1.68. The summed E-state index contributed by atoms with van der Waals surface area (Å²) in [6.45, 7) is 4.70. The van der Waals surface area contributed by atoms with E-state index < -0.39 is 0 Å². The van der Waals surface area contributed by atoms with E-state index in [1.807, 2.05) is 55.6 Å². The highest BCUT2D eigenvalue weighted by Gasteiger charge is 2.18. The van der Waals surface area contributed by atoms with Gasteiger partial charge in [0.1, 0.15) is 10.6 Å². The van der Waals surface area contributed by atoms with Crippen LogP contribution in [-0.4, -0.2) is 22.6 Å². The number of aryl methyl sites for hydroxylation is 3. The van der Waals surface area contributed by atoms with Crippen LogP contribution in [0.2, 0.25) is 0 Å². The van der Waals surface area contributed by atoms with E-state index in [4.69, 9.17) is 4.74 Å². The largest absolute Gasteiger partial charge is 0.497 e. The Balaban J connectivity index is 1.57. The number of amides is 1. The number of hydrogen-bond acceptors (Lipinski definition) is 6. The minimum Gasteiger partial charge on any atom is -0.497 e. The van der Waals surface area contributed by atoms with Crippen LogP contribution in [0.3, 0.4) is 0 Å². The van der Waals surface area contributed by atoms with Gasteiger partial charge in [0.15, 0.2) is 0 Å². The lowest BCUT2D eigenvalue weighted by atomic mass is 10.2. The van der Waals surface area contributed by atoms with Gasteiger partial charge in [-0.2, -0.15) is 0 Å². The molecule has 0 N–H and O–H groups in total. The number of fused-ring (bicyclic) bond motifs is 1. The summed E-state index contributed by atoms with van der Waals surface area (Å²) in [4.78, 5) is 35.3. The number of hydrogen-bond donors (Lipinski definition) is 0. The van der Waals surface area contributed by atoms with E-state index in [1.165, 1.54) is 15.9 Å². The van der Waals surface area contributed by atoms with Gasteiger partial charge in [0.2, 0.25) is 5.91 Å². The molecule has 0 radical (unpaired) electrons. The lowest BCUT2D eigenvalue weighted by Gasteiger charge is -2.23. The number of carbonyl (C=O) groups excluding carboxylic acids is 1. The monoisotopic (exact) mass is 453 g/mol. The first-order valence-electron chi connectivity index (χ1n) is 9.90. The fourth-order valence-electron chi connectivity index (χ4n) is 3.42. The van der Waals surface area contributed by atoms with Crippen molar-refractivity contribution in [2.45, 2.75) is 33.4 Å². The Bertz CT molecular complexity index is 1260. The molecule has 0 aliphatic carbocycles. The predicted molar refractivity (Wildman–Crippen MR) is 126 cm³/mol. The van der Waals surface area contributed by atoms with Gasteiger partial charge in [-0.25, -0.2) is 4.98 Å². The quantitative estimate of drug-likeness (QED) is 0.404. The number of carbonyl (C=O) groups is 1. The van der Waals surface area contributed by atoms with Crippen LogP contribution >= 0.6 is 22.7 Å². The van der Waals surface area contributed by atoms with Crippen LogP contribution in [0.1, 0.15) is 21.7 Å². The molecule has 6 nitrogen and oxygen atoms in total. The SMILES string of the molecule is COc1ccc(N(Cc2cccs2)C(=O)CCn2cnc3sc(C)c(C)c3c2=O)cc1. The number of nitrogens with zero attached hydrogens (tertiary/aromatic N) is 3. The van der Waals surface area contributed by atoms with Crippen LogP contribution in [-0.2, 0) is 17.9 Å². The van der Waals surface area contributed by atoms with Gasteiger partial charge in [-0.15, -0.1) is 22.7 Å². The Labute approximate surface area is 188 Å². The zero-order valence-electron chi connectivity index (χ0n) is 17.6. The second-order valence-electron chi connectivity index (χ2n) is 7.21. The number of benzene rings is 1. The van der Waals surface area contributed by atoms with Crippen LogP contribution in [0.25, 0.3) is 10.2 Å². The maximum Gasteiger partial charge on any atom is 0.262 e. The number of methoxy groups -OCH3 is 1. The van der Waals surface area contributed by atoms with Crippen LogP contribution in [0.15, 0.2) is 52.9 Å². The van der Waals surface area contributed by atoms with Crippen molar-refractivity contribution in [1.82, 2.24) is 9.55 Å². The summed E-state index contributed by atoms with van der Waals surface area (Å²) in [6, 6.07) is 11.4. The molecule has 0 fully saturated rings. The van der Waals surface area contributed by atoms with Crippen LogP contribution in [0.5, 0.6) is 5.75 Å². The Kier molecular flexibility index (Phi) is 6.20. The molecule has 3 heterocycles. The summed E-state index contributed by atoms with van der Waals surface area (Å²) >= 11 is 3.14. The van der Waals surface area contributed by atoms with Crippen molar-refractivity contribution in [3.63, 3.8) is 0 Å². The lowest BCUT2D eigenvalue weighted by molar-refractivity contribution is -0.119. The minimum atomic E-state index is -0.0890. The van der Waals surface area contributed by atoms with Crippen molar-refractivity contribution < 1.29 is 9.53 Å². The van der Waals surface area contributed by atoms with Crippen molar-refractivity contribution in [3.8, 4) is 5.75 Å². The molecule has 3 aromatic heterocycles. The summed E-state index contributed by atoms with van der Waals surface area (Å²) < 4.78 is 6.77. The summed E-state index contributed by atoms with van der Waals surface area (Å²) in [5.74, 6) is 0.684. The fourth-order valence-corrected chi connectivity index (χ4v) is 5.10. The first-order chi connectivity index (χ1) is 15.0. The molecule has 8 heteroatoms. The van der Waals surface area contributed by atoms with Gasteiger partial charge >= 0.3 is 0 Å². The van der Waals surface area contributed by atoms with Gasteiger partial charge in [-0.05, 0) is 55.1 Å². The molecular formula is C23H23N3O3S2. The molecule has 4 rings (SSSR count). The minimum absolute atomic E-state index is 0.0521. The first-order valence-corrected chi connectivity index (χ1v) is 11.6. The maximum absolute atomic E-state index is 13.2. The van der Waals surface area contributed by atoms with E-state index in [0.717, 1.165) is 31.6 Å². The van der Waals surface area contributed by atoms with E-state index in [9.17, 15) is 9.59 Å². The average Bonchev–Trinajstić information content (AvgIpc) is 3.39. The summed E-state index contributed by atoms with van der Waals surface area (Å²) in [7, 11) is 1.61. The average molecular weight is 454 g/mol. The Morgan fingerprint density at radius 2 is 1.97 bits per heavy atom. The van der Waals surface area contributed by atoms with Crippen LogP contribution < -0.4 is 15.2 Å². The molecular weight excluding hydrogens is 430 g/mol. The molecule has 0 bridgehead atoms. The third-order valence-electron chi connectivity index (χ3n) is 5.30. The van der Waals surface area contributed by atoms with Gasteiger partial charge in [0, 0.05) is 28.4 Å². The number of anilines is 1. The third kappa shape index (κ3) is 4.40. The van der Waals surface area contributed by atoms with E-state index in [-0.39, 0.29) is 24.4 Å². The molecule has 1 amide bonds. The van der Waals surface area contributed by atoms with Crippen molar-refractivity contribution in [1.29, 1.82) is 0 Å². The molecule has 0 unspecified atom stereocenters. The van der Waals surface area contributed by atoms with Gasteiger partial charge in [-0.3, -0.25) is 14.2 Å². The Hall–Kier alpha value is -2.97. The predicted octanol–water partition coefficient (Wildman–Crippen LogP) is 4.77. The third-order valence-corrected chi connectivity index (χ3v) is 7.28. The highest BCUT2D eigenvalue weighted by atomic mass is 32.1. The molecule has 0 aliphatic rings. The van der Waals surface area contributed by atoms with Crippen LogP contribution in [0.4, 0.5) is 5.69 Å². The molecule has 0 saturated carbocycles. The molecule has 0 spiro atoms.